The molecule has 10 heteroatoms. The van der Waals surface area contributed by atoms with Crippen LogP contribution in [0.3, 0.4) is 0 Å². The van der Waals surface area contributed by atoms with Crippen molar-refractivity contribution in [3.8, 4) is 0 Å². The molecule has 2 aromatic rings. The predicted molar refractivity (Wildman–Crippen MR) is 90.0 cm³/mol. The summed E-state index contributed by atoms with van der Waals surface area (Å²) in [6.45, 7) is 2.94. The Morgan fingerprint density at radius 2 is 2.13 bits per heavy atom. The molecule has 1 fully saturated rings. The van der Waals surface area contributed by atoms with Crippen LogP contribution in [-0.2, 0) is 25.5 Å². The fraction of sp³-hybridized carbons (Fsp3) is 0.538. The summed E-state index contributed by atoms with van der Waals surface area (Å²) in [6.07, 6.45) is 1.54. The molecule has 0 atom stereocenters. The lowest BCUT2D eigenvalue weighted by Crippen LogP contribution is -2.36. The van der Waals surface area contributed by atoms with Crippen LogP contribution in [0, 0.1) is 0 Å². The van der Waals surface area contributed by atoms with Gasteiger partial charge in [-0.1, -0.05) is 0 Å². The highest BCUT2D eigenvalue weighted by Gasteiger charge is 2.19. The molecule has 0 aromatic carbocycles. The molecule has 2 aromatic heterocycles. The zero-order chi connectivity index (χ0) is 16.4. The zero-order valence-corrected chi connectivity index (χ0v) is 14.9. The molecule has 0 amide bonds. The first-order valence-corrected chi connectivity index (χ1v) is 10.1. The van der Waals surface area contributed by atoms with Gasteiger partial charge in [0, 0.05) is 24.4 Å². The number of ether oxygens (including phenoxy) is 1. The Morgan fingerprint density at radius 1 is 1.39 bits per heavy atom. The van der Waals surface area contributed by atoms with Crippen molar-refractivity contribution in [1.82, 2.24) is 9.97 Å². The molecule has 0 bridgehead atoms. The minimum absolute atomic E-state index is 0.111. The van der Waals surface area contributed by atoms with Crippen LogP contribution >= 0.6 is 22.9 Å². The van der Waals surface area contributed by atoms with Crippen LogP contribution in [0.4, 0.5) is 5.82 Å². The molecule has 0 aliphatic carbocycles. The van der Waals surface area contributed by atoms with E-state index in [1.54, 1.807) is 0 Å². The van der Waals surface area contributed by atoms with Crippen LogP contribution in [0.2, 0.25) is 5.28 Å². The fourth-order valence-corrected chi connectivity index (χ4v) is 3.99. The normalized spacial score (nSPS) is 16.2. The van der Waals surface area contributed by atoms with E-state index in [-0.39, 0.29) is 11.9 Å². The van der Waals surface area contributed by atoms with E-state index >= 15 is 0 Å². The van der Waals surface area contributed by atoms with E-state index in [9.17, 15) is 8.42 Å². The smallest absolute Gasteiger partial charge is 0.264 e. The highest BCUT2D eigenvalue weighted by atomic mass is 35.5. The second kappa shape index (κ2) is 6.86. The van der Waals surface area contributed by atoms with Gasteiger partial charge in [0.05, 0.1) is 36.3 Å². The molecule has 0 radical (unpaired) electrons. The highest BCUT2D eigenvalue weighted by Crippen LogP contribution is 2.33. The van der Waals surface area contributed by atoms with Gasteiger partial charge in [-0.2, -0.15) is 13.4 Å². The number of hydrogen-bond donors (Lipinski definition) is 0. The quantitative estimate of drug-likeness (QED) is 0.579. The number of aromatic nitrogens is 2. The maximum atomic E-state index is 11.0. The number of nitrogens with zero attached hydrogens (tertiary/aromatic N) is 3. The zero-order valence-electron chi connectivity index (χ0n) is 12.5. The molecule has 3 rings (SSSR count). The van der Waals surface area contributed by atoms with E-state index in [4.69, 9.17) is 20.5 Å². The van der Waals surface area contributed by atoms with E-state index in [0.29, 0.717) is 19.6 Å². The second-order valence-corrected chi connectivity index (χ2v) is 8.24. The molecule has 1 saturated heterocycles. The number of morpholine rings is 1. The van der Waals surface area contributed by atoms with Gasteiger partial charge < -0.3 is 9.64 Å². The summed E-state index contributed by atoms with van der Waals surface area (Å²) >= 11 is 7.57. The second-order valence-electron chi connectivity index (χ2n) is 5.12. The topological polar surface area (TPSA) is 81.6 Å². The molecule has 23 heavy (non-hydrogen) atoms. The van der Waals surface area contributed by atoms with Crippen molar-refractivity contribution in [2.24, 2.45) is 0 Å². The Balaban J connectivity index is 1.86. The molecular formula is C13H16ClN3O4S2. The van der Waals surface area contributed by atoms with Gasteiger partial charge in [0.25, 0.3) is 10.1 Å². The van der Waals surface area contributed by atoms with Gasteiger partial charge in [-0.3, -0.25) is 4.18 Å². The lowest BCUT2D eigenvalue weighted by Gasteiger charge is -2.28. The van der Waals surface area contributed by atoms with E-state index in [1.165, 1.54) is 11.3 Å². The fourth-order valence-electron chi connectivity index (χ4n) is 2.34. The molecule has 1 aliphatic rings. The molecule has 126 valence electrons. The van der Waals surface area contributed by atoms with E-state index in [0.717, 1.165) is 40.3 Å². The van der Waals surface area contributed by atoms with Crippen molar-refractivity contribution in [3.63, 3.8) is 0 Å². The molecule has 7 nitrogen and oxygen atoms in total. The van der Waals surface area contributed by atoms with Crippen LogP contribution in [0.5, 0.6) is 0 Å². The largest absolute Gasteiger partial charge is 0.378 e. The number of anilines is 1. The maximum Gasteiger partial charge on any atom is 0.264 e. The van der Waals surface area contributed by atoms with Crippen molar-refractivity contribution < 1.29 is 17.3 Å². The summed E-state index contributed by atoms with van der Waals surface area (Å²) in [5.74, 6) is 0.809. The van der Waals surface area contributed by atoms with Crippen LogP contribution in [0.25, 0.3) is 10.2 Å². The average Bonchev–Trinajstić information content (AvgIpc) is 2.88. The van der Waals surface area contributed by atoms with Crippen LogP contribution < -0.4 is 4.90 Å². The number of halogens is 1. The molecule has 0 unspecified atom stereocenters. The van der Waals surface area contributed by atoms with Crippen molar-refractivity contribution in [2.75, 3.05) is 44.1 Å². The van der Waals surface area contributed by atoms with Crippen LogP contribution in [0.15, 0.2) is 6.07 Å². The van der Waals surface area contributed by atoms with E-state index in [1.807, 2.05) is 6.07 Å². The maximum absolute atomic E-state index is 11.0. The Morgan fingerprint density at radius 3 is 2.83 bits per heavy atom. The van der Waals surface area contributed by atoms with Crippen LogP contribution in [-0.4, -0.2) is 57.6 Å². The summed E-state index contributed by atoms with van der Waals surface area (Å²) in [6, 6.07) is 1.91. The van der Waals surface area contributed by atoms with Gasteiger partial charge in [0.2, 0.25) is 5.28 Å². The highest BCUT2D eigenvalue weighted by molar-refractivity contribution is 7.85. The van der Waals surface area contributed by atoms with Crippen molar-refractivity contribution in [3.05, 3.63) is 16.2 Å². The monoisotopic (exact) mass is 377 g/mol. The van der Waals surface area contributed by atoms with Gasteiger partial charge in [0.15, 0.2) is 5.82 Å². The van der Waals surface area contributed by atoms with Gasteiger partial charge in [-0.15, -0.1) is 11.3 Å². The lowest BCUT2D eigenvalue weighted by atomic mass is 10.3. The summed E-state index contributed by atoms with van der Waals surface area (Å²) < 4.78 is 33.1. The summed E-state index contributed by atoms with van der Waals surface area (Å²) in [5.41, 5.74) is 0.769. The number of rotatable bonds is 5. The molecule has 3 heterocycles. The Bertz CT molecular complexity index is 803. The number of thiophene rings is 1. The standard InChI is InChI=1S/C13H16ClN3O4S2/c1-23(18,19)21-5-2-9-8-10-11(22-9)12(16-13(14)15-10)17-3-6-20-7-4-17/h8H,2-7H2,1H3. The van der Waals surface area contributed by atoms with E-state index in [2.05, 4.69) is 14.9 Å². The first-order chi connectivity index (χ1) is 10.9. The Kier molecular flexibility index (Phi) is 5.02. The lowest BCUT2D eigenvalue weighted by molar-refractivity contribution is 0.122. The third kappa shape index (κ3) is 4.30. The van der Waals surface area contributed by atoms with Gasteiger partial charge in [-0.05, 0) is 17.7 Å². The molecule has 0 N–H and O–H groups in total. The minimum atomic E-state index is -3.42. The Hall–Kier alpha value is -1.00. The predicted octanol–water partition coefficient (Wildman–Crippen LogP) is 1.70. The third-order valence-corrected chi connectivity index (χ3v) is 5.28. The van der Waals surface area contributed by atoms with Crippen molar-refractivity contribution >= 4 is 49.1 Å². The first-order valence-electron chi connectivity index (χ1n) is 7.05. The Labute approximate surface area is 143 Å². The SMILES string of the molecule is CS(=O)(=O)OCCc1cc2nc(Cl)nc(N3CCOCC3)c2s1. The van der Waals surface area contributed by atoms with Crippen LogP contribution in [0.1, 0.15) is 4.88 Å². The van der Waals surface area contributed by atoms with Gasteiger partial charge in [0.1, 0.15) is 0 Å². The number of hydrogen-bond acceptors (Lipinski definition) is 8. The summed E-state index contributed by atoms with van der Waals surface area (Å²) in [5, 5.41) is 0.204. The number of fused-ring (bicyclic) bond motifs is 1. The van der Waals surface area contributed by atoms with Crippen molar-refractivity contribution in [1.29, 1.82) is 0 Å². The van der Waals surface area contributed by atoms with E-state index < -0.39 is 10.1 Å². The van der Waals surface area contributed by atoms with Gasteiger partial charge >= 0.3 is 0 Å². The third-order valence-electron chi connectivity index (χ3n) is 3.33. The average molecular weight is 378 g/mol. The molecular weight excluding hydrogens is 362 g/mol. The minimum Gasteiger partial charge on any atom is -0.378 e. The molecule has 0 spiro atoms. The first kappa shape index (κ1) is 16.8. The summed E-state index contributed by atoms with van der Waals surface area (Å²) in [4.78, 5) is 11.7. The molecule has 1 aliphatic heterocycles. The van der Waals surface area contributed by atoms with Gasteiger partial charge in [-0.25, -0.2) is 4.98 Å². The molecule has 0 saturated carbocycles. The summed E-state index contributed by atoms with van der Waals surface area (Å²) in [7, 11) is -3.42. The van der Waals surface area contributed by atoms with Crippen molar-refractivity contribution in [2.45, 2.75) is 6.42 Å².